The molecule has 1 saturated heterocycles. The summed E-state index contributed by atoms with van der Waals surface area (Å²) in [7, 11) is 0. The molecule has 0 bridgehead atoms. The Bertz CT molecular complexity index is 844. The van der Waals surface area contributed by atoms with Crippen LogP contribution < -0.4 is 10.2 Å². The molecule has 0 aliphatic carbocycles. The number of hydrogen-bond donors (Lipinski definition) is 2. The normalized spacial score (nSPS) is 19.3. The second-order valence-corrected chi connectivity index (χ2v) is 8.50. The van der Waals surface area contributed by atoms with Crippen molar-refractivity contribution in [2.75, 3.05) is 29.9 Å². The van der Waals surface area contributed by atoms with Crippen molar-refractivity contribution in [2.24, 2.45) is 0 Å². The minimum atomic E-state index is -1.89. The summed E-state index contributed by atoms with van der Waals surface area (Å²) in [4.78, 5) is 11.4. The Morgan fingerprint density at radius 2 is 2.15 bits per heavy atom. The first kappa shape index (κ1) is 18.6. The van der Waals surface area contributed by atoms with Crippen molar-refractivity contribution in [1.29, 1.82) is 0 Å². The van der Waals surface area contributed by atoms with Gasteiger partial charge >= 0.3 is 0 Å². The Morgan fingerprint density at radius 1 is 1.33 bits per heavy atom. The van der Waals surface area contributed by atoms with Crippen molar-refractivity contribution in [2.45, 2.75) is 31.7 Å². The molecule has 1 atom stereocenters. The van der Waals surface area contributed by atoms with Crippen LogP contribution in [0.4, 0.5) is 17.5 Å². The minimum Gasteiger partial charge on any atom is -0.351 e. The smallest absolute Gasteiger partial charge is 0.234 e. The van der Waals surface area contributed by atoms with E-state index in [1.165, 1.54) is 0 Å². The lowest BCUT2D eigenvalue weighted by Gasteiger charge is -2.31. The summed E-state index contributed by atoms with van der Waals surface area (Å²) in [6.45, 7) is 2.05. The Kier molecular flexibility index (Phi) is 5.59. The largest absolute Gasteiger partial charge is 0.351 e. The van der Waals surface area contributed by atoms with E-state index >= 15 is 0 Å². The van der Waals surface area contributed by atoms with E-state index < -0.39 is 11.3 Å². The van der Waals surface area contributed by atoms with Gasteiger partial charge in [0.25, 0.3) is 0 Å². The monoisotopic (exact) mass is 449 g/mol. The summed E-state index contributed by atoms with van der Waals surface area (Å²) in [6.07, 6.45) is 5.37. The van der Waals surface area contributed by atoms with Gasteiger partial charge in [0.1, 0.15) is 0 Å². The van der Waals surface area contributed by atoms with Gasteiger partial charge in [-0.05, 0) is 53.7 Å². The van der Waals surface area contributed by atoms with Gasteiger partial charge in [-0.15, -0.1) is 0 Å². The van der Waals surface area contributed by atoms with E-state index in [1.54, 1.807) is 10.5 Å². The number of anilines is 3. The highest BCUT2D eigenvalue weighted by atomic mass is 79.9. The van der Waals surface area contributed by atoms with Gasteiger partial charge in [0.15, 0.2) is 5.82 Å². The predicted molar refractivity (Wildman–Crippen MR) is 108 cm³/mol. The zero-order valence-electron chi connectivity index (χ0n) is 14.7. The van der Waals surface area contributed by atoms with Crippen LogP contribution in [0.5, 0.6) is 0 Å². The molecule has 3 heterocycles. The van der Waals surface area contributed by atoms with Crippen LogP contribution in [0.15, 0.2) is 22.8 Å². The van der Waals surface area contributed by atoms with Gasteiger partial charge in [-0.3, -0.25) is 4.55 Å². The van der Waals surface area contributed by atoms with E-state index in [2.05, 4.69) is 49.3 Å². The van der Waals surface area contributed by atoms with E-state index in [-0.39, 0.29) is 6.04 Å². The van der Waals surface area contributed by atoms with Crippen molar-refractivity contribution in [3.8, 4) is 0 Å². The zero-order chi connectivity index (χ0) is 18.8. The van der Waals surface area contributed by atoms with Gasteiger partial charge in [0.05, 0.1) is 10.2 Å². The van der Waals surface area contributed by atoms with Gasteiger partial charge in [0.2, 0.25) is 17.2 Å². The van der Waals surface area contributed by atoms with Gasteiger partial charge in [0, 0.05) is 37.4 Å². The lowest BCUT2D eigenvalue weighted by Crippen LogP contribution is -2.40. The summed E-state index contributed by atoms with van der Waals surface area (Å²) >= 11 is 1.70. The van der Waals surface area contributed by atoms with E-state index in [9.17, 15) is 8.76 Å². The van der Waals surface area contributed by atoms with E-state index in [4.69, 9.17) is 4.98 Å². The Morgan fingerprint density at radius 3 is 2.93 bits per heavy atom. The average molecular weight is 450 g/mol. The number of hydrogen-bond acceptors (Lipinski definition) is 5. The van der Waals surface area contributed by atoms with Crippen LogP contribution in [0.2, 0.25) is 0 Å². The van der Waals surface area contributed by atoms with Crippen LogP contribution in [0, 0.1) is 12.1 Å². The summed E-state index contributed by atoms with van der Waals surface area (Å²) < 4.78 is 22.7. The molecule has 2 aliphatic rings. The Labute approximate surface area is 169 Å². The molecule has 7 nitrogen and oxygen atoms in total. The first-order valence-electron chi connectivity index (χ1n) is 8.95. The third-order valence-corrected chi connectivity index (χ3v) is 6.31. The molecule has 27 heavy (non-hydrogen) atoms. The van der Waals surface area contributed by atoms with Crippen LogP contribution >= 0.6 is 15.9 Å². The molecule has 1 aromatic heterocycles. The zero-order valence-corrected chi connectivity index (χ0v) is 17.1. The van der Waals surface area contributed by atoms with Gasteiger partial charge in [-0.25, -0.2) is 13.5 Å². The summed E-state index contributed by atoms with van der Waals surface area (Å²) in [6, 6.07) is 10.4. The lowest BCUT2D eigenvalue weighted by molar-refractivity contribution is 0.322. The average Bonchev–Trinajstić information content (AvgIpc) is 2.69. The number of halogens is 1. The lowest BCUT2D eigenvalue weighted by atomic mass is 10.0. The third-order valence-electron chi connectivity index (χ3n) is 4.95. The minimum absolute atomic E-state index is 0.190. The number of aromatic nitrogens is 2. The molecular weight excluding hydrogens is 430 g/mol. The summed E-state index contributed by atoms with van der Waals surface area (Å²) in [5.41, 5.74) is 2.28. The van der Waals surface area contributed by atoms with Gasteiger partial charge < -0.3 is 10.2 Å². The van der Waals surface area contributed by atoms with Gasteiger partial charge in [-0.2, -0.15) is 4.98 Å². The van der Waals surface area contributed by atoms with Crippen LogP contribution in [-0.2, 0) is 17.7 Å². The van der Waals surface area contributed by atoms with E-state index in [1.807, 2.05) is 6.07 Å². The van der Waals surface area contributed by atoms with Crippen molar-refractivity contribution in [1.82, 2.24) is 14.3 Å². The topological polar surface area (TPSA) is 81.6 Å². The van der Waals surface area contributed by atoms with Crippen molar-refractivity contribution < 1.29 is 8.76 Å². The van der Waals surface area contributed by atoms with Gasteiger partial charge in [-0.1, -0.05) is 12.1 Å². The third kappa shape index (κ3) is 4.09. The highest BCUT2D eigenvalue weighted by Crippen LogP contribution is 2.35. The van der Waals surface area contributed by atoms with Crippen molar-refractivity contribution >= 4 is 44.7 Å². The maximum Gasteiger partial charge on any atom is 0.234 e. The fourth-order valence-electron chi connectivity index (χ4n) is 3.57. The highest BCUT2D eigenvalue weighted by molar-refractivity contribution is 9.10. The highest BCUT2D eigenvalue weighted by Gasteiger charge is 2.24. The Balaban J connectivity index is 1.52. The van der Waals surface area contributed by atoms with E-state index in [0.29, 0.717) is 19.0 Å². The van der Waals surface area contributed by atoms with E-state index in [0.717, 1.165) is 53.8 Å². The second-order valence-electron chi connectivity index (χ2n) is 6.67. The molecule has 9 heteroatoms. The molecule has 4 rings (SSSR count). The molecule has 0 amide bonds. The molecule has 0 radical (unpaired) electrons. The molecule has 2 aliphatic heterocycles. The summed E-state index contributed by atoms with van der Waals surface area (Å²) in [5.74, 6) is 1.41. The maximum absolute atomic E-state index is 11.2. The SMILES string of the molecule is O=S(O)N1CCC(Nc2ncc(Br)c(N3CCCc4c#cccc43)n2)CC1. The maximum atomic E-state index is 11.2. The standard InChI is InChI=1S/C18H20BrN5O2S/c19-15-12-20-18(21-14-7-10-23(11-8-14)27(25)26)22-17(15)24-9-3-5-13-4-1-2-6-16(13)24/h2,6,12,14H,3,5,7-11H2,(H,25,26)(H,20,21,22). The fraction of sp³-hybridized carbons (Fsp3) is 0.444. The van der Waals surface area contributed by atoms with Crippen molar-refractivity contribution in [3.63, 3.8) is 0 Å². The molecule has 0 saturated carbocycles. The van der Waals surface area contributed by atoms with Crippen molar-refractivity contribution in [3.05, 3.63) is 40.5 Å². The molecule has 142 valence electrons. The predicted octanol–water partition coefficient (Wildman–Crippen LogP) is 2.94. The second kappa shape index (κ2) is 8.10. The summed E-state index contributed by atoms with van der Waals surface area (Å²) in [5, 5.41) is 3.38. The van der Waals surface area contributed by atoms with Crippen LogP contribution in [-0.4, -0.2) is 48.7 Å². The van der Waals surface area contributed by atoms with Crippen LogP contribution in [0.1, 0.15) is 24.8 Å². The number of nitrogens with one attached hydrogen (secondary N) is 1. The molecule has 2 aromatic rings. The van der Waals surface area contributed by atoms with Crippen LogP contribution in [0.25, 0.3) is 0 Å². The molecule has 0 spiro atoms. The number of nitrogens with zero attached hydrogens (tertiary/aromatic N) is 4. The number of fused-ring (bicyclic) bond motifs is 1. The molecule has 1 aromatic carbocycles. The quantitative estimate of drug-likeness (QED) is 0.698. The first-order chi connectivity index (χ1) is 13.1. The number of rotatable bonds is 4. The molecular formula is C18H20BrN5O2S. The van der Waals surface area contributed by atoms with Crippen LogP contribution in [0.3, 0.4) is 0 Å². The molecule has 1 fully saturated rings. The first-order valence-corrected chi connectivity index (χ1v) is 10.8. The fourth-order valence-corrected chi connectivity index (χ4v) is 4.50. The molecule has 1 unspecified atom stereocenters. The number of piperidine rings is 1. The Hall–Kier alpha value is -1.73. The molecule has 2 N–H and O–H groups in total.